The molecular formula is C11H9F3O2. The van der Waals surface area contributed by atoms with Gasteiger partial charge in [-0.15, -0.1) is 0 Å². The summed E-state index contributed by atoms with van der Waals surface area (Å²) in [6.45, 7) is 0.372. The van der Waals surface area contributed by atoms with E-state index in [9.17, 15) is 18.3 Å². The summed E-state index contributed by atoms with van der Waals surface area (Å²) >= 11 is 0. The summed E-state index contributed by atoms with van der Waals surface area (Å²) in [5.74, 6) is -3.17. The second-order valence-electron chi connectivity index (χ2n) is 3.43. The van der Waals surface area contributed by atoms with Crippen LogP contribution in [0.2, 0.25) is 0 Å². The Hall–Kier alpha value is -1.49. The Morgan fingerprint density at radius 3 is 2.31 bits per heavy atom. The topological polar surface area (TPSA) is 29.5 Å². The highest BCUT2D eigenvalue weighted by molar-refractivity contribution is 5.28. The minimum atomic E-state index is -1.52. The summed E-state index contributed by atoms with van der Waals surface area (Å²) < 4.78 is 44.2. The van der Waals surface area contributed by atoms with Crippen LogP contribution >= 0.6 is 0 Å². The molecule has 2 nitrogen and oxygen atoms in total. The van der Waals surface area contributed by atoms with Gasteiger partial charge in [-0.05, 0) is 6.08 Å². The minimum Gasteiger partial charge on any atom is -0.495 e. The Morgan fingerprint density at radius 1 is 1.19 bits per heavy atom. The van der Waals surface area contributed by atoms with E-state index in [4.69, 9.17) is 4.74 Å². The van der Waals surface area contributed by atoms with E-state index in [0.717, 1.165) is 0 Å². The van der Waals surface area contributed by atoms with Gasteiger partial charge in [-0.25, -0.2) is 13.2 Å². The number of halogens is 3. The Bertz CT molecular complexity index is 420. The third-order valence-electron chi connectivity index (χ3n) is 2.32. The Kier molecular flexibility index (Phi) is 2.87. The second-order valence-corrected chi connectivity index (χ2v) is 3.43. The van der Waals surface area contributed by atoms with Crippen molar-refractivity contribution in [1.29, 1.82) is 0 Å². The zero-order chi connectivity index (χ0) is 11.7. The van der Waals surface area contributed by atoms with Crippen molar-refractivity contribution in [2.24, 2.45) is 0 Å². The van der Waals surface area contributed by atoms with Gasteiger partial charge in [-0.3, -0.25) is 0 Å². The van der Waals surface area contributed by atoms with Crippen LogP contribution in [-0.4, -0.2) is 11.7 Å². The average molecular weight is 230 g/mol. The Balaban J connectivity index is 2.39. The predicted molar refractivity (Wildman–Crippen MR) is 49.9 cm³/mol. The number of aliphatic hydroxyl groups excluding tert-OH is 1. The standard InChI is InChI=1S/C11H9F3O2/c12-6-4-7(13)10(8(14)5-6)11(15)9-2-1-3-16-9/h2,4-5,11,15H,1,3H2. The summed E-state index contributed by atoms with van der Waals surface area (Å²) in [5.41, 5.74) is -0.588. The molecule has 1 atom stereocenters. The number of aliphatic hydroxyl groups is 1. The summed E-state index contributed by atoms with van der Waals surface area (Å²) in [4.78, 5) is 0. The highest BCUT2D eigenvalue weighted by Crippen LogP contribution is 2.30. The van der Waals surface area contributed by atoms with E-state index < -0.39 is 29.1 Å². The van der Waals surface area contributed by atoms with Crippen LogP contribution in [0.3, 0.4) is 0 Å². The maximum atomic E-state index is 13.3. The van der Waals surface area contributed by atoms with E-state index in [2.05, 4.69) is 0 Å². The van der Waals surface area contributed by atoms with Gasteiger partial charge in [-0.1, -0.05) is 0 Å². The Labute approximate surface area is 90.0 Å². The van der Waals surface area contributed by atoms with E-state index in [-0.39, 0.29) is 5.76 Å². The highest BCUT2D eigenvalue weighted by Gasteiger charge is 2.25. The number of hydrogen-bond donors (Lipinski definition) is 1. The third-order valence-corrected chi connectivity index (χ3v) is 2.32. The first-order valence-corrected chi connectivity index (χ1v) is 4.75. The fraction of sp³-hybridized carbons (Fsp3) is 0.273. The summed E-state index contributed by atoms with van der Waals surface area (Å²) in [5, 5.41) is 9.68. The van der Waals surface area contributed by atoms with E-state index in [1.807, 2.05) is 0 Å². The summed E-state index contributed by atoms with van der Waals surface area (Å²) in [7, 11) is 0. The van der Waals surface area contributed by atoms with Crippen molar-refractivity contribution in [3.8, 4) is 0 Å². The van der Waals surface area contributed by atoms with Crippen molar-refractivity contribution in [2.45, 2.75) is 12.5 Å². The fourth-order valence-corrected chi connectivity index (χ4v) is 1.58. The van der Waals surface area contributed by atoms with Crippen LogP contribution in [0.15, 0.2) is 24.0 Å². The van der Waals surface area contributed by atoms with Crippen LogP contribution in [0.4, 0.5) is 13.2 Å². The summed E-state index contributed by atoms with van der Waals surface area (Å²) in [6.07, 6.45) is 0.604. The smallest absolute Gasteiger partial charge is 0.141 e. The lowest BCUT2D eigenvalue weighted by atomic mass is 10.1. The molecule has 0 bridgehead atoms. The molecule has 0 aliphatic carbocycles. The molecule has 0 saturated heterocycles. The molecular weight excluding hydrogens is 221 g/mol. The number of benzene rings is 1. The molecule has 1 unspecified atom stereocenters. The van der Waals surface area contributed by atoms with E-state index in [0.29, 0.717) is 25.2 Å². The van der Waals surface area contributed by atoms with Crippen LogP contribution in [0.25, 0.3) is 0 Å². The molecule has 0 spiro atoms. The molecule has 0 fully saturated rings. The molecule has 1 N–H and O–H groups in total. The van der Waals surface area contributed by atoms with Crippen molar-refractivity contribution in [2.75, 3.05) is 6.61 Å². The number of hydrogen-bond acceptors (Lipinski definition) is 2. The molecule has 2 rings (SSSR count). The number of rotatable bonds is 2. The van der Waals surface area contributed by atoms with E-state index in [1.54, 1.807) is 6.08 Å². The highest BCUT2D eigenvalue weighted by atomic mass is 19.1. The minimum absolute atomic E-state index is 0.101. The molecule has 1 aliphatic heterocycles. The van der Waals surface area contributed by atoms with Crippen molar-refractivity contribution >= 4 is 0 Å². The largest absolute Gasteiger partial charge is 0.495 e. The van der Waals surface area contributed by atoms with E-state index >= 15 is 0 Å². The van der Waals surface area contributed by atoms with Crippen molar-refractivity contribution in [3.63, 3.8) is 0 Å². The zero-order valence-electron chi connectivity index (χ0n) is 8.21. The maximum Gasteiger partial charge on any atom is 0.141 e. The molecule has 0 aromatic heterocycles. The van der Waals surface area contributed by atoms with Crippen LogP contribution in [0.1, 0.15) is 18.1 Å². The van der Waals surface area contributed by atoms with E-state index in [1.165, 1.54) is 0 Å². The molecule has 86 valence electrons. The Morgan fingerprint density at radius 2 is 1.81 bits per heavy atom. The SMILES string of the molecule is OC(C1=CCCO1)c1c(F)cc(F)cc1F. The molecule has 0 saturated carbocycles. The first-order chi connectivity index (χ1) is 7.59. The lowest BCUT2D eigenvalue weighted by Gasteiger charge is -2.14. The first-order valence-electron chi connectivity index (χ1n) is 4.75. The van der Waals surface area contributed by atoms with Crippen LogP contribution in [0, 0.1) is 17.5 Å². The van der Waals surface area contributed by atoms with Gasteiger partial charge in [0, 0.05) is 18.6 Å². The number of ether oxygens (including phenoxy) is 1. The molecule has 16 heavy (non-hydrogen) atoms. The molecule has 1 aromatic carbocycles. The average Bonchev–Trinajstić information content (AvgIpc) is 2.67. The van der Waals surface area contributed by atoms with Gasteiger partial charge in [0.2, 0.25) is 0 Å². The maximum absolute atomic E-state index is 13.3. The van der Waals surface area contributed by atoms with Crippen LogP contribution in [0.5, 0.6) is 0 Å². The van der Waals surface area contributed by atoms with Gasteiger partial charge in [0.15, 0.2) is 0 Å². The molecule has 5 heteroatoms. The quantitative estimate of drug-likeness (QED) is 0.845. The molecule has 0 radical (unpaired) electrons. The van der Waals surface area contributed by atoms with Crippen molar-refractivity contribution in [3.05, 3.63) is 47.0 Å². The van der Waals surface area contributed by atoms with Crippen molar-refractivity contribution in [1.82, 2.24) is 0 Å². The van der Waals surface area contributed by atoms with Gasteiger partial charge in [0.25, 0.3) is 0 Å². The second kappa shape index (κ2) is 4.17. The molecule has 0 amide bonds. The third kappa shape index (κ3) is 1.90. The van der Waals surface area contributed by atoms with Crippen LogP contribution < -0.4 is 0 Å². The predicted octanol–water partition coefficient (Wildman–Crippen LogP) is 2.44. The normalized spacial score (nSPS) is 16.9. The molecule has 1 aromatic rings. The monoisotopic (exact) mass is 230 g/mol. The molecule has 1 aliphatic rings. The zero-order valence-corrected chi connectivity index (χ0v) is 8.21. The lowest BCUT2D eigenvalue weighted by Crippen LogP contribution is -2.08. The summed E-state index contributed by atoms with van der Waals surface area (Å²) in [6, 6.07) is 1.05. The van der Waals surface area contributed by atoms with Gasteiger partial charge < -0.3 is 9.84 Å². The first kappa shape index (κ1) is 11.0. The van der Waals surface area contributed by atoms with Gasteiger partial charge >= 0.3 is 0 Å². The van der Waals surface area contributed by atoms with Crippen molar-refractivity contribution < 1.29 is 23.0 Å². The van der Waals surface area contributed by atoms with Crippen LogP contribution in [-0.2, 0) is 4.74 Å². The van der Waals surface area contributed by atoms with Gasteiger partial charge in [0.05, 0.1) is 12.2 Å². The fourth-order valence-electron chi connectivity index (χ4n) is 1.58. The van der Waals surface area contributed by atoms with Gasteiger partial charge in [-0.2, -0.15) is 0 Å². The lowest BCUT2D eigenvalue weighted by molar-refractivity contribution is 0.113. The van der Waals surface area contributed by atoms with Gasteiger partial charge in [0.1, 0.15) is 29.3 Å². The molecule has 1 heterocycles.